The molecule has 43 heavy (non-hydrogen) atoms. The maximum atomic E-state index is 4.39. The van der Waals surface area contributed by atoms with Crippen molar-refractivity contribution in [1.29, 1.82) is 0 Å². The second kappa shape index (κ2) is 10.1. The SMILES string of the molecule is [Pt].[c-]1c(N2C=CN(c3ccccc3)[CH-]2)ccc2c1B1c3[c-]c(-n4nccn4)ccc3-c3ccccc3N1c1ccccc1-2. The summed E-state index contributed by atoms with van der Waals surface area (Å²) in [6, 6.07) is 43.9. The van der Waals surface area contributed by atoms with Crippen LogP contribution in [0.5, 0.6) is 0 Å². The molecular weight excluding hydrogens is 710 g/mol. The van der Waals surface area contributed by atoms with Gasteiger partial charge in [-0.2, -0.15) is 50.2 Å². The Morgan fingerprint density at radius 1 is 0.558 bits per heavy atom. The molecule has 3 aliphatic heterocycles. The van der Waals surface area contributed by atoms with E-state index in [1.165, 1.54) is 28.1 Å². The second-order valence-corrected chi connectivity index (χ2v) is 10.5. The predicted octanol–water partition coefficient (Wildman–Crippen LogP) is 5.69. The Morgan fingerprint density at radius 2 is 1.12 bits per heavy atom. The van der Waals surface area contributed by atoms with Gasteiger partial charge in [-0.1, -0.05) is 65.7 Å². The summed E-state index contributed by atoms with van der Waals surface area (Å²) in [5.74, 6) is 0. The summed E-state index contributed by atoms with van der Waals surface area (Å²) in [7, 11) is 0. The maximum absolute atomic E-state index is 4.39. The van der Waals surface area contributed by atoms with Crippen molar-refractivity contribution in [3.8, 4) is 27.9 Å². The zero-order chi connectivity index (χ0) is 27.6. The van der Waals surface area contributed by atoms with Gasteiger partial charge in [0.2, 0.25) is 0 Å². The minimum atomic E-state index is -0.132. The fraction of sp³-hybridized carbons (Fsp3) is 0. The van der Waals surface area contributed by atoms with E-state index >= 15 is 0 Å². The molecule has 1 aromatic heterocycles. The van der Waals surface area contributed by atoms with Crippen molar-refractivity contribution < 1.29 is 21.1 Å². The van der Waals surface area contributed by atoms with Crippen LogP contribution in [0, 0.1) is 18.8 Å². The Labute approximate surface area is 264 Å². The molecule has 5 aromatic carbocycles. The Morgan fingerprint density at radius 3 is 1.79 bits per heavy atom. The van der Waals surface area contributed by atoms with Crippen LogP contribution in [0.1, 0.15) is 0 Å². The first-order valence-electron chi connectivity index (χ1n) is 14.0. The van der Waals surface area contributed by atoms with Gasteiger partial charge < -0.3 is 14.6 Å². The van der Waals surface area contributed by atoms with Gasteiger partial charge in [-0.3, -0.25) is 0 Å². The quantitative estimate of drug-likeness (QED) is 0.173. The number of aromatic nitrogens is 3. The molecule has 0 spiro atoms. The number of fused-ring (bicyclic) bond motifs is 11. The summed E-state index contributed by atoms with van der Waals surface area (Å²) in [5.41, 5.74) is 12.2. The first-order chi connectivity index (χ1) is 20.8. The van der Waals surface area contributed by atoms with Crippen LogP contribution in [-0.4, -0.2) is 21.8 Å². The Balaban J connectivity index is 0.00000278. The zero-order valence-electron chi connectivity index (χ0n) is 22.8. The van der Waals surface area contributed by atoms with Gasteiger partial charge in [0, 0.05) is 38.1 Å². The molecule has 0 fully saturated rings. The molecule has 0 amide bonds. The molecular formula is C35H22BN6Pt-3. The number of nitrogens with zero attached hydrogens (tertiary/aromatic N) is 6. The van der Waals surface area contributed by atoms with Crippen LogP contribution in [0.15, 0.2) is 128 Å². The largest absolute Gasteiger partial charge is 0.500 e. The number of para-hydroxylation sites is 3. The maximum Gasteiger partial charge on any atom is 0.278 e. The normalized spacial score (nSPS) is 14.0. The molecule has 0 N–H and O–H groups in total. The van der Waals surface area contributed by atoms with Gasteiger partial charge in [0.25, 0.3) is 6.85 Å². The topological polar surface area (TPSA) is 40.4 Å². The third-order valence-corrected chi connectivity index (χ3v) is 8.24. The van der Waals surface area contributed by atoms with E-state index in [9.17, 15) is 0 Å². The molecule has 0 saturated carbocycles. The number of anilines is 4. The zero-order valence-corrected chi connectivity index (χ0v) is 25.1. The average molecular weight is 732 g/mol. The van der Waals surface area contributed by atoms with Gasteiger partial charge in [-0.25, -0.2) is 0 Å². The van der Waals surface area contributed by atoms with Gasteiger partial charge in [-0.15, -0.1) is 35.6 Å². The smallest absolute Gasteiger partial charge is 0.278 e. The molecule has 3 aliphatic rings. The van der Waals surface area contributed by atoms with Crippen molar-refractivity contribution in [2.75, 3.05) is 14.6 Å². The van der Waals surface area contributed by atoms with E-state index in [2.05, 4.69) is 147 Å². The van der Waals surface area contributed by atoms with Gasteiger partial charge in [0.15, 0.2) is 0 Å². The Bertz CT molecular complexity index is 2010. The van der Waals surface area contributed by atoms with Gasteiger partial charge in [0.1, 0.15) is 0 Å². The Hall–Kier alpha value is -4.87. The van der Waals surface area contributed by atoms with E-state index in [0.717, 1.165) is 33.6 Å². The molecule has 0 bridgehead atoms. The van der Waals surface area contributed by atoms with Crippen LogP contribution in [0.4, 0.5) is 22.7 Å². The number of rotatable bonds is 3. The van der Waals surface area contributed by atoms with Crippen molar-refractivity contribution in [2.45, 2.75) is 0 Å². The molecule has 0 aliphatic carbocycles. The van der Waals surface area contributed by atoms with Crippen LogP contribution in [0.3, 0.4) is 0 Å². The molecule has 0 saturated heterocycles. The fourth-order valence-corrected chi connectivity index (χ4v) is 6.39. The van der Waals surface area contributed by atoms with Crippen LogP contribution in [-0.2, 0) is 21.1 Å². The van der Waals surface area contributed by atoms with Crippen LogP contribution < -0.4 is 25.5 Å². The number of hydrogen-bond acceptors (Lipinski definition) is 5. The van der Waals surface area contributed by atoms with Crippen LogP contribution >= 0.6 is 0 Å². The van der Waals surface area contributed by atoms with Gasteiger partial charge >= 0.3 is 0 Å². The molecule has 6 nitrogen and oxygen atoms in total. The summed E-state index contributed by atoms with van der Waals surface area (Å²) in [5, 5.41) is 8.78. The van der Waals surface area contributed by atoms with Gasteiger partial charge in [-0.05, 0) is 42.4 Å². The molecule has 8 heteroatoms. The third-order valence-electron chi connectivity index (χ3n) is 8.24. The van der Waals surface area contributed by atoms with Crippen molar-refractivity contribution in [3.63, 3.8) is 0 Å². The molecule has 6 aromatic rings. The van der Waals surface area contributed by atoms with E-state index in [0.29, 0.717) is 0 Å². The first-order valence-corrected chi connectivity index (χ1v) is 14.0. The van der Waals surface area contributed by atoms with E-state index in [4.69, 9.17) is 0 Å². The standard InChI is InChI=1S/C35H22BN6.Pt/c1-2-8-25(9-3-1)39-20-21-40(24-39)26-14-16-28-30-10-4-6-12-34(30)41-35-13-7-5-11-31(35)29-17-15-27(42-37-18-19-38-42)23-33(29)36(41)32(28)22-26;/h1-21,24H;/q-3;. The van der Waals surface area contributed by atoms with Crippen LogP contribution in [0.25, 0.3) is 27.9 Å². The molecule has 9 rings (SSSR count). The van der Waals surface area contributed by atoms with Crippen molar-refractivity contribution in [2.24, 2.45) is 0 Å². The fourth-order valence-electron chi connectivity index (χ4n) is 6.39. The Kier molecular flexibility index (Phi) is 6.09. The second-order valence-electron chi connectivity index (χ2n) is 10.5. The summed E-state index contributed by atoms with van der Waals surface area (Å²) in [6.07, 6.45) is 7.55. The molecule has 0 radical (unpaired) electrons. The summed E-state index contributed by atoms with van der Waals surface area (Å²) in [6.45, 7) is 1.96. The van der Waals surface area contributed by atoms with Crippen molar-refractivity contribution >= 4 is 40.5 Å². The molecule has 208 valence electrons. The number of benzene rings is 5. The molecule has 0 atom stereocenters. The number of hydrogen-bond donors (Lipinski definition) is 0. The molecule has 0 unspecified atom stereocenters. The third kappa shape index (κ3) is 3.99. The first kappa shape index (κ1) is 25.8. The summed E-state index contributed by atoms with van der Waals surface area (Å²) in [4.78, 5) is 8.33. The van der Waals surface area contributed by atoms with E-state index in [1.807, 2.05) is 12.1 Å². The van der Waals surface area contributed by atoms with Crippen LogP contribution in [0.2, 0.25) is 0 Å². The molecule has 4 heterocycles. The minimum absolute atomic E-state index is 0. The van der Waals surface area contributed by atoms with Crippen molar-refractivity contribution in [1.82, 2.24) is 15.0 Å². The van der Waals surface area contributed by atoms with E-state index in [1.54, 1.807) is 17.2 Å². The van der Waals surface area contributed by atoms with E-state index < -0.39 is 0 Å². The van der Waals surface area contributed by atoms with E-state index in [-0.39, 0.29) is 27.9 Å². The predicted molar refractivity (Wildman–Crippen MR) is 168 cm³/mol. The van der Waals surface area contributed by atoms with Crippen molar-refractivity contribution in [3.05, 3.63) is 147 Å². The average Bonchev–Trinajstić information content (AvgIpc) is 3.78. The van der Waals surface area contributed by atoms with Gasteiger partial charge in [0.05, 0.1) is 12.4 Å². The summed E-state index contributed by atoms with van der Waals surface area (Å²) < 4.78 is 0. The summed E-state index contributed by atoms with van der Waals surface area (Å²) >= 11 is 0. The monoisotopic (exact) mass is 732 g/mol. The minimum Gasteiger partial charge on any atom is -0.500 e.